The summed E-state index contributed by atoms with van der Waals surface area (Å²) in [6.07, 6.45) is 0. The van der Waals surface area contributed by atoms with Crippen molar-refractivity contribution in [2.24, 2.45) is 0 Å². The molecule has 4 bridgehead atoms. The normalized spacial score (nSPS) is 22.4. The van der Waals surface area contributed by atoms with Crippen molar-refractivity contribution in [2.45, 2.75) is 30.8 Å². The van der Waals surface area contributed by atoms with E-state index in [9.17, 15) is 0 Å². The quantitative estimate of drug-likeness (QED) is 0.146. The van der Waals surface area contributed by atoms with Crippen LogP contribution in [-0.2, 0) is 19.0 Å². The van der Waals surface area contributed by atoms with E-state index < -0.39 is 31.3 Å². The van der Waals surface area contributed by atoms with Crippen LogP contribution in [-0.4, -0.2) is 22.8 Å². The van der Waals surface area contributed by atoms with Crippen LogP contribution in [0.1, 0.15) is 89.7 Å². The van der Waals surface area contributed by atoms with Crippen molar-refractivity contribution in [1.29, 1.82) is 0 Å². The van der Waals surface area contributed by atoms with Gasteiger partial charge in [0, 0.05) is 0 Å². The molecule has 0 fully saturated rings. The van der Waals surface area contributed by atoms with Gasteiger partial charge < -0.3 is 0 Å². The first-order chi connectivity index (χ1) is 26.3. The Bertz CT molecular complexity index is 2270. The Balaban J connectivity index is 1.09. The number of rotatable bonds is 6. The van der Waals surface area contributed by atoms with Gasteiger partial charge in [-0.2, -0.15) is 0 Å². The van der Waals surface area contributed by atoms with Gasteiger partial charge in [-0.05, 0) is 0 Å². The van der Waals surface area contributed by atoms with Crippen molar-refractivity contribution in [1.82, 2.24) is 0 Å². The summed E-state index contributed by atoms with van der Waals surface area (Å²) in [4.78, 5) is 0. The van der Waals surface area contributed by atoms with E-state index in [0.29, 0.717) is 10.5 Å². The Morgan fingerprint density at radius 3 is 0.759 bits per heavy atom. The van der Waals surface area contributed by atoms with Crippen LogP contribution >= 0.6 is 40.0 Å². The fourth-order valence-corrected chi connectivity index (χ4v) is 33.0. The Hall–Kier alpha value is -3.21. The third-order valence-electron chi connectivity index (χ3n) is 13.1. The van der Waals surface area contributed by atoms with E-state index >= 15 is 0 Å². The van der Waals surface area contributed by atoms with E-state index in [2.05, 4.69) is 170 Å². The predicted octanol–water partition coefficient (Wildman–Crippen LogP) is 12.5. The standard InChI is InChI=1S/C48H34Cl4Ge2/c49-53(50,47-39-23-9-3-17-33(39)45(34-18-4-10-24-40(34)47)35-19-5-11-25-41(35)47)29-31-15-1-2-16-32(31)30-54(51,52)48-42-26-12-6-20-36(42)46(37-21-7-13-27-43(37)48)38-22-8-14-28-44(38)48/h1-28,45-46H,29-30H2. The van der Waals surface area contributed by atoms with Crippen molar-refractivity contribution < 1.29 is 0 Å². The van der Waals surface area contributed by atoms with Crippen molar-refractivity contribution in [3.8, 4) is 0 Å². The van der Waals surface area contributed by atoms with Gasteiger partial charge in [0.15, 0.2) is 0 Å². The second-order valence-corrected chi connectivity index (χ2v) is 41.4. The van der Waals surface area contributed by atoms with Crippen LogP contribution in [0.5, 0.6) is 0 Å². The first-order valence-corrected chi connectivity index (χ1v) is 34.8. The summed E-state index contributed by atoms with van der Waals surface area (Å²) in [5.74, 6) is 0.322. The molecule has 0 heterocycles. The molecule has 262 valence electrons. The minimum absolute atomic E-state index is 0.161. The molecule has 0 aromatic heterocycles. The van der Waals surface area contributed by atoms with Gasteiger partial charge in [-0.3, -0.25) is 0 Å². The molecule has 0 amide bonds. The molecule has 0 saturated carbocycles. The topological polar surface area (TPSA) is 0 Å². The summed E-state index contributed by atoms with van der Waals surface area (Å²) < 4.78 is -1.24. The van der Waals surface area contributed by atoms with Gasteiger partial charge in [-0.1, -0.05) is 0 Å². The fraction of sp³-hybridized carbons (Fsp3) is 0.125. The van der Waals surface area contributed by atoms with E-state index in [1.165, 1.54) is 66.8 Å². The Morgan fingerprint density at radius 2 is 0.519 bits per heavy atom. The van der Waals surface area contributed by atoms with E-state index in [1.807, 2.05) is 0 Å². The van der Waals surface area contributed by atoms with Gasteiger partial charge in [-0.15, -0.1) is 0 Å². The second kappa shape index (κ2) is 12.1. The molecule has 0 aliphatic heterocycles. The molecule has 0 unspecified atom stereocenters. The number of hydrogen-bond acceptors (Lipinski definition) is 0. The van der Waals surface area contributed by atoms with Crippen molar-refractivity contribution in [3.05, 3.63) is 248 Å². The van der Waals surface area contributed by atoms with Crippen molar-refractivity contribution in [3.63, 3.8) is 0 Å². The van der Waals surface area contributed by atoms with Crippen LogP contribution in [0.25, 0.3) is 0 Å². The monoisotopic (exact) mass is 898 g/mol. The Morgan fingerprint density at radius 1 is 0.315 bits per heavy atom. The number of benzene rings is 7. The second-order valence-electron chi connectivity index (χ2n) is 15.4. The molecule has 6 heteroatoms. The van der Waals surface area contributed by atoms with Gasteiger partial charge in [0.05, 0.1) is 0 Å². The minimum atomic E-state index is -4.10. The van der Waals surface area contributed by atoms with Gasteiger partial charge >= 0.3 is 341 Å². The summed E-state index contributed by atoms with van der Waals surface area (Å²) in [6.45, 7) is 0. The van der Waals surface area contributed by atoms with E-state index in [0.717, 1.165) is 11.1 Å². The van der Waals surface area contributed by atoms with Crippen LogP contribution in [0.4, 0.5) is 0 Å². The van der Waals surface area contributed by atoms with Crippen LogP contribution in [0.2, 0.25) is 0 Å². The average molecular weight is 898 g/mol. The van der Waals surface area contributed by atoms with Crippen LogP contribution < -0.4 is 0 Å². The van der Waals surface area contributed by atoms with Crippen LogP contribution in [0, 0.1) is 0 Å². The molecule has 6 aliphatic carbocycles. The molecule has 0 atom stereocenters. The molecule has 0 spiro atoms. The molecule has 54 heavy (non-hydrogen) atoms. The number of hydrogen-bond donors (Lipinski definition) is 0. The van der Waals surface area contributed by atoms with Gasteiger partial charge in [0.25, 0.3) is 0 Å². The van der Waals surface area contributed by atoms with Crippen molar-refractivity contribution in [2.75, 3.05) is 0 Å². The summed E-state index contributed by atoms with van der Waals surface area (Å²) in [5, 5.41) is 1.18. The molecule has 7 aromatic carbocycles. The predicted molar refractivity (Wildman–Crippen MR) is 229 cm³/mol. The molecule has 0 saturated heterocycles. The zero-order chi connectivity index (χ0) is 36.5. The van der Waals surface area contributed by atoms with Crippen molar-refractivity contribution >= 4 is 62.9 Å². The third kappa shape index (κ3) is 4.26. The zero-order valence-corrected chi connectivity index (χ0v) is 36.5. The summed E-state index contributed by atoms with van der Waals surface area (Å²) in [5.41, 5.74) is 17.8. The summed E-state index contributed by atoms with van der Waals surface area (Å²) in [6, 6.07) is 62.0. The average Bonchev–Trinajstić information content (AvgIpc) is 3.20. The molecule has 6 aliphatic rings. The van der Waals surface area contributed by atoms with E-state index in [-0.39, 0.29) is 11.8 Å². The van der Waals surface area contributed by atoms with Gasteiger partial charge in [-0.25, -0.2) is 0 Å². The maximum absolute atomic E-state index is 8.27. The van der Waals surface area contributed by atoms with Crippen LogP contribution in [0.3, 0.4) is 0 Å². The molecular formula is C48H34Cl4Ge2. The van der Waals surface area contributed by atoms with E-state index in [1.54, 1.807) is 0 Å². The SMILES string of the molecule is [Cl][Ge]([Cl])([CH2]c1ccccc1[CH2][Ge]([Cl])([Cl])[C]12c3ccccc3C(c3ccccc31)c1ccccc12)[C]12c3ccccc3C(c3ccccc31)c1ccccc12. The molecule has 0 radical (unpaired) electrons. The maximum atomic E-state index is 8.27. The molecule has 0 nitrogen and oxygen atoms in total. The summed E-state index contributed by atoms with van der Waals surface area (Å²) >= 11 is -8.20. The molecule has 0 N–H and O–H groups in total. The van der Waals surface area contributed by atoms with Gasteiger partial charge in [0.2, 0.25) is 0 Å². The molecular weight excluding hydrogens is 864 g/mol. The Labute approximate surface area is 338 Å². The number of halogens is 4. The van der Waals surface area contributed by atoms with Gasteiger partial charge in [0.1, 0.15) is 0 Å². The van der Waals surface area contributed by atoms with E-state index in [4.69, 9.17) is 40.0 Å². The molecule has 13 rings (SSSR count). The first-order valence-electron chi connectivity index (χ1n) is 18.7. The zero-order valence-electron chi connectivity index (χ0n) is 29.2. The first kappa shape index (κ1) is 34.1. The third-order valence-corrected chi connectivity index (χ3v) is 33.2. The van der Waals surface area contributed by atoms with Crippen LogP contribution in [0.15, 0.2) is 170 Å². The fourth-order valence-electron chi connectivity index (χ4n) is 11.2. The Kier molecular flexibility index (Phi) is 7.66. The molecule has 7 aromatic rings. The summed E-state index contributed by atoms with van der Waals surface area (Å²) in [7, 11) is 33.1.